The molecule has 0 aliphatic rings. The quantitative estimate of drug-likeness (QED) is 0.0761. The van der Waals surface area contributed by atoms with E-state index in [0.29, 0.717) is 152 Å². The second-order valence-corrected chi connectivity index (χ2v) is 7.85. The van der Waals surface area contributed by atoms with Gasteiger partial charge in [-0.05, 0) is 0 Å². The van der Waals surface area contributed by atoms with Gasteiger partial charge in [-0.3, -0.25) is 4.79 Å². The van der Waals surface area contributed by atoms with Crippen molar-refractivity contribution in [2.75, 3.05) is 159 Å². The van der Waals surface area contributed by atoms with Crippen molar-refractivity contribution in [3.05, 3.63) is 0 Å². The maximum atomic E-state index is 10.9. The third kappa shape index (κ3) is 35.0. The van der Waals surface area contributed by atoms with Gasteiger partial charge in [-0.15, -0.1) is 0 Å². The summed E-state index contributed by atoms with van der Waals surface area (Å²) in [7, 11) is 1.35. The van der Waals surface area contributed by atoms with E-state index in [0.717, 1.165) is 0 Å². The van der Waals surface area contributed by atoms with Gasteiger partial charge in [0.05, 0.1) is 159 Å². The van der Waals surface area contributed by atoms with Crippen molar-refractivity contribution >= 4 is 5.97 Å². The summed E-state index contributed by atoms with van der Waals surface area (Å²) in [6.45, 7) is 11.4. The Morgan fingerprint density at radius 3 is 0.775 bits per heavy atom. The predicted molar refractivity (Wildman–Crippen MR) is 145 cm³/mol. The van der Waals surface area contributed by atoms with Crippen LogP contribution in [-0.2, 0) is 61.6 Å². The number of carbonyl (C=O) groups is 1. The van der Waals surface area contributed by atoms with Gasteiger partial charge in [0.2, 0.25) is 0 Å². The minimum absolute atomic E-state index is 0.246. The van der Waals surface area contributed by atoms with E-state index >= 15 is 0 Å². The summed E-state index contributed by atoms with van der Waals surface area (Å²) >= 11 is 0. The van der Waals surface area contributed by atoms with Crippen LogP contribution in [0.3, 0.4) is 0 Å². The highest BCUT2D eigenvalue weighted by atomic mass is 16.6. The molecule has 0 radical (unpaired) electrons. The maximum absolute atomic E-state index is 10.9. The van der Waals surface area contributed by atoms with Crippen LogP contribution < -0.4 is 5.73 Å². The van der Waals surface area contributed by atoms with Crippen LogP contribution in [0.4, 0.5) is 0 Å². The van der Waals surface area contributed by atoms with E-state index in [4.69, 9.17) is 57.8 Å². The van der Waals surface area contributed by atoms with Crippen molar-refractivity contribution in [3.8, 4) is 0 Å². The molecule has 0 saturated heterocycles. The SMILES string of the molecule is COC(=O)CCOCCOCCOCCOCCOCCOCCOCCOCCOCCOCCOCCN. The normalized spacial score (nSPS) is 11.3. The second kappa shape index (κ2) is 36.0. The summed E-state index contributed by atoms with van der Waals surface area (Å²) in [5, 5.41) is 0. The van der Waals surface area contributed by atoms with E-state index in [1.807, 2.05) is 0 Å². The fourth-order valence-corrected chi connectivity index (χ4v) is 2.64. The molecular weight excluding hydrogens is 534 g/mol. The molecule has 0 heterocycles. The van der Waals surface area contributed by atoms with Crippen LogP contribution in [0, 0.1) is 0 Å². The first kappa shape index (κ1) is 39.0. The van der Waals surface area contributed by atoms with E-state index in [-0.39, 0.29) is 12.4 Å². The zero-order valence-electron chi connectivity index (χ0n) is 24.4. The third-order valence-electron chi connectivity index (χ3n) is 4.66. The highest BCUT2D eigenvalue weighted by molar-refractivity contribution is 5.69. The molecule has 0 rings (SSSR count). The lowest BCUT2D eigenvalue weighted by Gasteiger charge is -2.09. The van der Waals surface area contributed by atoms with Crippen molar-refractivity contribution < 1.29 is 61.6 Å². The first-order valence-corrected chi connectivity index (χ1v) is 13.9. The van der Waals surface area contributed by atoms with Gasteiger partial charge in [0, 0.05) is 6.54 Å². The minimum Gasteiger partial charge on any atom is -0.469 e. The van der Waals surface area contributed by atoms with Crippen LogP contribution in [-0.4, -0.2) is 165 Å². The predicted octanol–water partition coefficient (Wildman–Crippen LogP) is -0.309. The van der Waals surface area contributed by atoms with E-state index in [1.54, 1.807) is 0 Å². The van der Waals surface area contributed by atoms with Crippen LogP contribution >= 0.6 is 0 Å². The first-order chi connectivity index (χ1) is 19.8. The first-order valence-electron chi connectivity index (χ1n) is 13.9. The number of carbonyl (C=O) groups excluding carboxylic acids is 1. The van der Waals surface area contributed by atoms with Crippen LogP contribution in [0.1, 0.15) is 6.42 Å². The Morgan fingerprint density at radius 1 is 0.375 bits per heavy atom. The molecule has 0 saturated carbocycles. The molecule has 2 N–H and O–H groups in total. The summed E-state index contributed by atoms with van der Waals surface area (Å²) in [5.74, 6) is -0.286. The zero-order chi connectivity index (χ0) is 29.0. The Morgan fingerprint density at radius 2 is 0.575 bits per heavy atom. The van der Waals surface area contributed by atoms with Gasteiger partial charge < -0.3 is 62.6 Å². The molecular formula is C26H53NO13. The molecule has 40 heavy (non-hydrogen) atoms. The Bertz CT molecular complexity index is 492. The van der Waals surface area contributed by atoms with Gasteiger partial charge in [0.15, 0.2) is 0 Å². The zero-order valence-corrected chi connectivity index (χ0v) is 24.4. The topological polar surface area (TPSA) is 154 Å². The average molecular weight is 588 g/mol. The second-order valence-electron chi connectivity index (χ2n) is 7.85. The van der Waals surface area contributed by atoms with Crippen LogP contribution in [0.5, 0.6) is 0 Å². The number of ether oxygens (including phenoxy) is 12. The summed E-state index contributed by atoms with van der Waals surface area (Å²) in [6.07, 6.45) is 0.246. The fraction of sp³-hybridized carbons (Fsp3) is 0.962. The molecule has 0 bridgehead atoms. The minimum atomic E-state index is -0.286. The Kier molecular flexibility index (Phi) is 35.1. The smallest absolute Gasteiger partial charge is 0.307 e. The number of esters is 1. The van der Waals surface area contributed by atoms with Gasteiger partial charge >= 0.3 is 5.97 Å². The van der Waals surface area contributed by atoms with E-state index in [9.17, 15) is 4.79 Å². The average Bonchev–Trinajstić information content (AvgIpc) is 2.97. The molecule has 0 amide bonds. The standard InChI is InChI=1S/C26H53NO13/c1-29-26(28)2-4-30-6-8-32-10-12-34-14-16-36-18-20-38-22-24-40-25-23-39-21-19-37-17-15-35-13-11-33-9-7-31-5-3-27/h2-25,27H2,1H3. The lowest BCUT2D eigenvalue weighted by Crippen LogP contribution is -2.15. The Hall–Kier alpha value is -1.01. The molecule has 0 aromatic heterocycles. The molecule has 0 aromatic carbocycles. The molecule has 0 atom stereocenters. The van der Waals surface area contributed by atoms with Crippen molar-refractivity contribution in [1.29, 1.82) is 0 Å². The summed E-state index contributed by atoms with van der Waals surface area (Å²) < 4.78 is 63.7. The summed E-state index contributed by atoms with van der Waals surface area (Å²) in [5.41, 5.74) is 5.32. The molecule has 0 fully saturated rings. The summed E-state index contributed by atoms with van der Waals surface area (Å²) in [4.78, 5) is 10.9. The van der Waals surface area contributed by atoms with E-state index in [1.165, 1.54) is 7.11 Å². The van der Waals surface area contributed by atoms with Gasteiger partial charge in [-0.2, -0.15) is 0 Å². The van der Waals surface area contributed by atoms with Crippen LogP contribution in [0.25, 0.3) is 0 Å². The molecule has 240 valence electrons. The van der Waals surface area contributed by atoms with E-state index in [2.05, 4.69) is 4.74 Å². The Balaban J connectivity index is 3.04. The molecule has 0 aliphatic carbocycles. The van der Waals surface area contributed by atoms with Gasteiger partial charge in [-0.25, -0.2) is 0 Å². The van der Waals surface area contributed by atoms with Crippen LogP contribution in [0.2, 0.25) is 0 Å². The van der Waals surface area contributed by atoms with Gasteiger partial charge in [-0.1, -0.05) is 0 Å². The number of hydrogen-bond acceptors (Lipinski definition) is 14. The van der Waals surface area contributed by atoms with Crippen molar-refractivity contribution in [2.45, 2.75) is 6.42 Å². The highest BCUT2D eigenvalue weighted by Crippen LogP contribution is 1.88. The van der Waals surface area contributed by atoms with Crippen molar-refractivity contribution in [2.24, 2.45) is 5.73 Å². The molecule has 0 aromatic rings. The molecule has 0 aliphatic heterocycles. The van der Waals surface area contributed by atoms with Gasteiger partial charge in [0.25, 0.3) is 0 Å². The highest BCUT2D eigenvalue weighted by Gasteiger charge is 1.99. The maximum Gasteiger partial charge on any atom is 0.307 e. The van der Waals surface area contributed by atoms with E-state index < -0.39 is 0 Å². The Labute approximate surface area is 239 Å². The molecule has 14 nitrogen and oxygen atoms in total. The fourth-order valence-electron chi connectivity index (χ4n) is 2.64. The number of nitrogens with two attached hydrogens (primary N) is 1. The van der Waals surface area contributed by atoms with Gasteiger partial charge in [0.1, 0.15) is 0 Å². The largest absolute Gasteiger partial charge is 0.469 e. The van der Waals surface area contributed by atoms with Crippen molar-refractivity contribution in [1.82, 2.24) is 0 Å². The molecule has 14 heteroatoms. The summed E-state index contributed by atoms with van der Waals surface area (Å²) in [6, 6.07) is 0. The van der Waals surface area contributed by atoms with Crippen molar-refractivity contribution in [3.63, 3.8) is 0 Å². The number of methoxy groups -OCH3 is 1. The molecule has 0 unspecified atom stereocenters. The monoisotopic (exact) mass is 587 g/mol. The lowest BCUT2D eigenvalue weighted by atomic mass is 10.5. The van der Waals surface area contributed by atoms with Crippen LogP contribution in [0.15, 0.2) is 0 Å². The number of rotatable bonds is 35. The number of hydrogen-bond donors (Lipinski definition) is 1. The lowest BCUT2D eigenvalue weighted by molar-refractivity contribution is -0.141. The molecule has 0 spiro atoms. The third-order valence-corrected chi connectivity index (χ3v) is 4.66.